The van der Waals surface area contributed by atoms with Crippen LogP contribution in [0.3, 0.4) is 0 Å². The largest absolute Gasteiger partial charge is 0.472 e. The van der Waals surface area contributed by atoms with Crippen LogP contribution in [-0.2, 0) is 4.74 Å². The molecular formula is C10H16N4O3S. The van der Waals surface area contributed by atoms with Crippen molar-refractivity contribution in [1.82, 2.24) is 15.5 Å². The van der Waals surface area contributed by atoms with Gasteiger partial charge < -0.3 is 14.8 Å². The fraction of sp³-hybridized carbons (Fsp3) is 0.700. The molecule has 1 aromatic rings. The first-order valence-electron chi connectivity index (χ1n) is 5.66. The van der Waals surface area contributed by atoms with E-state index >= 15 is 0 Å². The molecule has 8 heteroatoms. The van der Waals surface area contributed by atoms with E-state index in [9.17, 15) is 4.79 Å². The van der Waals surface area contributed by atoms with Gasteiger partial charge in [0.05, 0.1) is 19.3 Å². The Bertz CT molecular complexity index is 417. The van der Waals surface area contributed by atoms with Crippen LogP contribution in [0.5, 0.6) is 5.19 Å². The molecule has 1 fully saturated rings. The molecule has 2 rings (SSSR count). The average Bonchev–Trinajstić information content (AvgIpc) is 2.76. The Hall–Kier alpha value is -1.41. The molecule has 1 atom stereocenters. The van der Waals surface area contributed by atoms with Crippen LogP contribution < -0.4 is 15.4 Å². The summed E-state index contributed by atoms with van der Waals surface area (Å²) in [7, 11) is 1.50. The van der Waals surface area contributed by atoms with Gasteiger partial charge in [-0.1, -0.05) is 5.10 Å². The molecule has 0 radical (unpaired) electrons. The average molecular weight is 272 g/mol. The van der Waals surface area contributed by atoms with Crippen LogP contribution in [0, 0.1) is 0 Å². The van der Waals surface area contributed by atoms with Crippen LogP contribution >= 0.6 is 11.3 Å². The number of urea groups is 1. The molecule has 1 saturated heterocycles. The lowest BCUT2D eigenvalue weighted by Gasteiger charge is -2.33. The van der Waals surface area contributed by atoms with Crippen molar-refractivity contribution in [1.29, 1.82) is 0 Å². The minimum absolute atomic E-state index is 0.304. The fourth-order valence-corrected chi connectivity index (χ4v) is 2.33. The van der Waals surface area contributed by atoms with Crippen LogP contribution in [0.25, 0.3) is 0 Å². The van der Waals surface area contributed by atoms with Gasteiger partial charge in [-0.05, 0) is 31.1 Å². The van der Waals surface area contributed by atoms with Gasteiger partial charge >= 0.3 is 6.03 Å². The number of amides is 2. The molecule has 2 heterocycles. The SMILES string of the molecule is COc1nnc(NC(=O)NC2(C)CCCOC2)s1. The molecule has 0 aliphatic carbocycles. The van der Waals surface area contributed by atoms with Crippen molar-refractivity contribution in [3.8, 4) is 5.19 Å². The highest BCUT2D eigenvalue weighted by molar-refractivity contribution is 7.17. The number of hydrogen-bond donors (Lipinski definition) is 2. The third-order valence-electron chi connectivity index (χ3n) is 2.65. The van der Waals surface area contributed by atoms with Gasteiger partial charge in [-0.2, -0.15) is 0 Å². The van der Waals surface area contributed by atoms with E-state index in [-0.39, 0.29) is 11.6 Å². The first-order valence-corrected chi connectivity index (χ1v) is 6.47. The Kier molecular flexibility index (Phi) is 3.97. The van der Waals surface area contributed by atoms with E-state index in [1.165, 1.54) is 18.4 Å². The van der Waals surface area contributed by atoms with Gasteiger partial charge in [0.2, 0.25) is 5.13 Å². The summed E-state index contributed by atoms with van der Waals surface area (Å²) < 4.78 is 10.3. The summed E-state index contributed by atoms with van der Waals surface area (Å²) in [6.07, 6.45) is 1.85. The van der Waals surface area contributed by atoms with E-state index in [0.29, 0.717) is 16.9 Å². The van der Waals surface area contributed by atoms with E-state index in [1.807, 2.05) is 6.92 Å². The zero-order valence-corrected chi connectivity index (χ0v) is 11.2. The lowest BCUT2D eigenvalue weighted by molar-refractivity contribution is 0.0342. The Labute approximate surface area is 109 Å². The summed E-state index contributed by atoms with van der Waals surface area (Å²) >= 11 is 1.17. The number of methoxy groups -OCH3 is 1. The lowest BCUT2D eigenvalue weighted by atomic mass is 9.95. The Balaban J connectivity index is 1.87. The molecular weight excluding hydrogens is 256 g/mol. The number of aromatic nitrogens is 2. The van der Waals surface area contributed by atoms with Crippen LogP contribution in [0.1, 0.15) is 19.8 Å². The van der Waals surface area contributed by atoms with Gasteiger partial charge in [0.1, 0.15) is 0 Å². The second-order valence-electron chi connectivity index (χ2n) is 4.37. The summed E-state index contributed by atoms with van der Waals surface area (Å²) in [5, 5.41) is 13.9. The Morgan fingerprint density at radius 2 is 2.39 bits per heavy atom. The van der Waals surface area contributed by atoms with Crippen molar-refractivity contribution in [2.24, 2.45) is 0 Å². The van der Waals surface area contributed by atoms with Crippen LogP contribution in [0.2, 0.25) is 0 Å². The Morgan fingerprint density at radius 3 is 3.00 bits per heavy atom. The number of nitrogens with zero attached hydrogens (tertiary/aromatic N) is 2. The topological polar surface area (TPSA) is 85.4 Å². The van der Waals surface area contributed by atoms with E-state index in [1.54, 1.807) is 0 Å². The second kappa shape index (κ2) is 5.49. The minimum atomic E-state index is -0.322. The maximum atomic E-state index is 11.8. The van der Waals surface area contributed by atoms with E-state index < -0.39 is 0 Å². The monoisotopic (exact) mass is 272 g/mol. The van der Waals surface area contributed by atoms with Crippen LogP contribution in [0.15, 0.2) is 0 Å². The summed E-state index contributed by atoms with van der Waals surface area (Å²) in [5.74, 6) is 0. The number of rotatable bonds is 3. The highest BCUT2D eigenvalue weighted by Gasteiger charge is 2.29. The molecule has 0 spiro atoms. The smallest absolute Gasteiger partial charge is 0.321 e. The third-order valence-corrected chi connectivity index (χ3v) is 3.45. The molecule has 1 aliphatic heterocycles. The molecule has 2 amide bonds. The number of ether oxygens (including phenoxy) is 2. The van der Waals surface area contributed by atoms with E-state index in [4.69, 9.17) is 9.47 Å². The molecule has 1 aliphatic rings. The molecule has 1 aromatic heterocycles. The van der Waals surface area contributed by atoms with Crippen molar-refractivity contribution >= 4 is 22.5 Å². The van der Waals surface area contributed by atoms with Crippen molar-refractivity contribution in [3.63, 3.8) is 0 Å². The van der Waals surface area contributed by atoms with Gasteiger partial charge in [-0.25, -0.2) is 4.79 Å². The van der Waals surface area contributed by atoms with Gasteiger partial charge in [-0.15, -0.1) is 5.10 Å². The number of nitrogens with one attached hydrogen (secondary N) is 2. The van der Waals surface area contributed by atoms with Crippen molar-refractivity contribution in [2.75, 3.05) is 25.6 Å². The summed E-state index contributed by atoms with van der Waals surface area (Å²) in [6, 6.07) is -0.304. The standard InChI is InChI=1S/C10H16N4O3S/c1-10(4-3-5-17-6-10)12-7(15)11-8-13-14-9(16-2)18-8/h3-6H2,1-2H3,(H2,11,12,13,15). The zero-order valence-electron chi connectivity index (χ0n) is 10.4. The molecule has 2 N–H and O–H groups in total. The van der Waals surface area contributed by atoms with Crippen molar-refractivity contribution in [2.45, 2.75) is 25.3 Å². The van der Waals surface area contributed by atoms with E-state index in [0.717, 1.165) is 19.4 Å². The van der Waals surface area contributed by atoms with Gasteiger partial charge in [0.15, 0.2) is 0 Å². The van der Waals surface area contributed by atoms with Gasteiger partial charge in [0, 0.05) is 6.61 Å². The molecule has 0 saturated carbocycles. The third kappa shape index (κ3) is 3.30. The summed E-state index contributed by atoms with van der Waals surface area (Å²) in [4.78, 5) is 11.8. The maximum absolute atomic E-state index is 11.8. The van der Waals surface area contributed by atoms with Crippen LogP contribution in [0.4, 0.5) is 9.93 Å². The zero-order chi connectivity index (χ0) is 13.0. The summed E-state index contributed by atoms with van der Waals surface area (Å²) in [5.41, 5.74) is -0.322. The number of hydrogen-bond acceptors (Lipinski definition) is 6. The van der Waals surface area contributed by atoms with Crippen molar-refractivity contribution in [3.05, 3.63) is 0 Å². The quantitative estimate of drug-likeness (QED) is 0.864. The second-order valence-corrected chi connectivity index (χ2v) is 5.31. The summed E-state index contributed by atoms with van der Waals surface area (Å²) in [6.45, 7) is 3.25. The predicted octanol–water partition coefficient (Wildman–Crippen LogP) is 1.24. The molecule has 18 heavy (non-hydrogen) atoms. The molecule has 100 valence electrons. The normalized spacial score (nSPS) is 23.4. The first kappa shape index (κ1) is 13.0. The minimum Gasteiger partial charge on any atom is -0.472 e. The fourth-order valence-electron chi connectivity index (χ4n) is 1.78. The van der Waals surface area contributed by atoms with Gasteiger partial charge in [0.25, 0.3) is 5.19 Å². The molecule has 1 unspecified atom stereocenters. The maximum Gasteiger partial charge on any atom is 0.321 e. The number of anilines is 1. The molecule has 7 nitrogen and oxygen atoms in total. The number of carbonyl (C=O) groups is 1. The van der Waals surface area contributed by atoms with Crippen molar-refractivity contribution < 1.29 is 14.3 Å². The van der Waals surface area contributed by atoms with Gasteiger partial charge in [-0.3, -0.25) is 5.32 Å². The highest BCUT2D eigenvalue weighted by Crippen LogP contribution is 2.22. The molecule has 0 bridgehead atoms. The predicted molar refractivity (Wildman–Crippen MR) is 67.1 cm³/mol. The first-order chi connectivity index (χ1) is 8.61. The Morgan fingerprint density at radius 1 is 1.56 bits per heavy atom. The van der Waals surface area contributed by atoms with E-state index in [2.05, 4.69) is 20.8 Å². The van der Waals surface area contributed by atoms with Crippen LogP contribution in [-0.4, -0.2) is 42.1 Å². The molecule has 0 aromatic carbocycles. The number of carbonyl (C=O) groups excluding carboxylic acids is 1. The highest BCUT2D eigenvalue weighted by atomic mass is 32.1. The lowest BCUT2D eigenvalue weighted by Crippen LogP contribution is -2.52.